The molecule has 50 valence electrons. The third-order valence-electron chi connectivity index (χ3n) is 1.12. The van der Waals surface area contributed by atoms with Crippen LogP contribution in [0.3, 0.4) is 0 Å². The second kappa shape index (κ2) is 2.02. The van der Waals surface area contributed by atoms with Crippen molar-refractivity contribution in [3.8, 4) is 11.8 Å². The Bertz CT molecular complexity index is 157. The van der Waals surface area contributed by atoms with E-state index in [0.717, 1.165) is 0 Å². The van der Waals surface area contributed by atoms with Crippen LogP contribution in [-0.4, -0.2) is 23.4 Å². The van der Waals surface area contributed by atoms with Crippen molar-refractivity contribution in [1.29, 1.82) is 0 Å². The fourth-order valence-corrected chi connectivity index (χ4v) is 0.438. The van der Waals surface area contributed by atoms with Crippen LogP contribution in [0.1, 0.15) is 13.8 Å². The van der Waals surface area contributed by atoms with E-state index in [4.69, 9.17) is 9.84 Å². The summed E-state index contributed by atoms with van der Waals surface area (Å²) >= 11 is 0. The van der Waals surface area contributed by atoms with Crippen molar-refractivity contribution in [2.75, 3.05) is 6.61 Å². The van der Waals surface area contributed by atoms with E-state index in [1.54, 1.807) is 6.92 Å². The van der Waals surface area contributed by atoms with Crippen LogP contribution in [0.25, 0.3) is 0 Å². The van der Waals surface area contributed by atoms with E-state index in [9.17, 15) is 0 Å². The Morgan fingerprint density at radius 3 is 2.67 bits per heavy atom. The molecule has 1 aliphatic heterocycles. The summed E-state index contributed by atoms with van der Waals surface area (Å²) in [5.41, 5.74) is -0.239. The van der Waals surface area contributed by atoms with Crippen molar-refractivity contribution < 1.29 is 9.84 Å². The molecule has 0 spiro atoms. The molecule has 2 heteroatoms. The standard InChI is InChI=1S/C7H10O2/c1-6(8)3-4-7(2)5-9-7/h6,8H,5H2,1-2H3. The third-order valence-corrected chi connectivity index (χ3v) is 1.12. The van der Waals surface area contributed by atoms with Crippen LogP contribution in [-0.2, 0) is 4.74 Å². The Balaban J connectivity index is 2.42. The molecule has 0 bridgehead atoms. The molecule has 1 rings (SSSR count). The minimum Gasteiger partial charge on any atom is -0.381 e. The zero-order chi connectivity index (χ0) is 6.91. The van der Waals surface area contributed by atoms with Gasteiger partial charge in [0.15, 0.2) is 0 Å². The van der Waals surface area contributed by atoms with Gasteiger partial charge >= 0.3 is 0 Å². The lowest BCUT2D eigenvalue weighted by Crippen LogP contribution is -2.01. The highest BCUT2D eigenvalue weighted by molar-refractivity contribution is 5.20. The van der Waals surface area contributed by atoms with Crippen molar-refractivity contribution in [2.45, 2.75) is 25.6 Å². The maximum absolute atomic E-state index is 8.71. The van der Waals surface area contributed by atoms with Gasteiger partial charge in [-0.05, 0) is 13.8 Å². The average molecular weight is 126 g/mol. The van der Waals surface area contributed by atoms with Gasteiger partial charge in [0.25, 0.3) is 0 Å². The molecule has 0 aliphatic carbocycles. The highest BCUT2D eigenvalue weighted by Crippen LogP contribution is 2.23. The maximum atomic E-state index is 8.71. The molecule has 0 aromatic rings. The van der Waals surface area contributed by atoms with E-state index in [1.807, 2.05) is 6.92 Å². The molecule has 0 saturated carbocycles. The van der Waals surface area contributed by atoms with E-state index in [1.165, 1.54) is 0 Å². The number of aliphatic hydroxyl groups excluding tert-OH is 1. The summed E-state index contributed by atoms with van der Waals surface area (Å²) in [6.07, 6.45) is -0.536. The van der Waals surface area contributed by atoms with Crippen molar-refractivity contribution >= 4 is 0 Å². The first-order valence-electron chi connectivity index (χ1n) is 2.97. The predicted octanol–water partition coefficient (Wildman–Crippen LogP) is 0.159. The second-order valence-corrected chi connectivity index (χ2v) is 2.46. The number of epoxide rings is 1. The van der Waals surface area contributed by atoms with Gasteiger partial charge in [-0.25, -0.2) is 0 Å². The van der Waals surface area contributed by atoms with Crippen molar-refractivity contribution in [1.82, 2.24) is 0 Å². The van der Waals surface area contributed by atoms with Gasteiger partial charge < -0.3 is 9.84 Å². The average Bonchev–Trinajstić information content (AvgIpc) is 2.45. The summed E-state index contributed by atoms with van der Waals surface area (Å²) in [5, 5.41) is 8.71. The van der Waals surface area contributed by atoms with Crippen LogP contribution in [0.5, 0.6) is 0 Å². The molecule has 1 saturated heterocycles. The summed E-state index contributed by atoms with van der Waals surface area (Å²) in [6.45, 7) is 4.24. The smallest absolute Gasteiger partial charge is 0.149 e. The molecular weight excluding hydrogens is 116 g/mol. The van der Waals surface area contributed by atoms with Gasteiger partial charge in [-0.15, -0.1) is 0 Å². The first-order valence-corrected chi connectivity index (χ1v) is 2.97. The van der Waals surface area contributed by atoms with E-state index in [2.05, 4.69) is 11.8 Å². The Kier molecular flexibility index (Phi) is 1.48. The van der Waals surface area contributed by atoms with Crippen LogP contribution in [0.2, 0.25) is 0 Å². The minimum atomic E-state index is -0.536. The highest BCUT2D eigenvalue weighted by atomic mass is 16.6. The highest BCUT2D eigenvalue weighted by Gasteiger charge is 2.37. The van der Waals surface area contributed by atoms with Gasteiger partial charge in [0.2, 0.25) is 0 Å². The summed E-state index contributed by atoms with van der Waals surface area (Å²) in [6, 6.07) is 0. The number of hydrogen-bond donors (Lipinski definition) is 1. The Morgan fingerprint density at radius 2 is 2.33 bits per heavy atom. The molecule has 9 heavy (non-hydrogen) atoms. The molecule has 0 aromatic carbocycles. The Labute approximate surface area is 54.8 Å². The fraction of sp³-hybridized carbons (Fsp3) is 0.714. The van der Waals surface area contributed by atoms with E-state index in [-0.39, 0.29) is 5.60 Å². The monoisotopic (exact) mass is 126 g/mol. The normalized spacial score (nSPS) is 34.6. The molecule has 1 N–H and O–H groups in total. The first-order chi connectivity index (χ1) is 4.12. The van der Waals surface area contributed by atoms with Crippen LogP contribution in [0.4, 0.5) is 0 Å². The SMILES string of the molecule is CC(O)C#CC1(C)CO1. The zero-order valence-corrected chi connectivity index (χ0v) is 5.64. The number of ether oxygens (including phenoxy) is 1. The summed E-state index contributed by atoms with van der Waals surface area (Å²) in [7, 11) is 0. The summed E-state index contributed by atoms with van der Waals surface area (Å²) in [5.74, 6) is 5.44. The fourth-order valence-electron chi connectivity index (χ4n) is 0.438. The van der Waals surface area contributed by atoms with E-state index < -0.39 is 6.10 Å². The summed E-state index contributed by atoms with van der Waals surface area (Å²) < 4.78 is 4.96. The van der Waals surface area contributed by atoms with Crippen molar-refractivity contribution in [2.24, 2.45) is 0 Å². The number of aliphatic hydroxyl groups is 1. The lowest BCUT2D eigenvalue weighted by atomic mass is 10.2. The molecule has 0 radical (unpaired) electrons. The third kappa shape index (κ3) is 2.05. The minimum absolute atomic E-state index is 0.239. The quantitative estimate of drug-likeness (QED) is 0.370. The van der Waals surface area contributed by atoms with E-state index in [0.29, 0.717) is 6.61 Å². The molecule has 0 aromatic heterocycles. The van der Waals surface area contributed by atoms with Crippen LogP contribution in [0.15, 0.2) is 0 Å². The van der Waals surface area contributed by atoms with Gasteiger partial charge in [0.1, 0.15) is 11.7 Å². The molecule has 0 amide bonds. The second-order valence-electron chi connectivity index (χ2n) is 2.46. The predicted molar refractivity (Wildman–Crippen MR) is 33.8 cm³/mol. The molecule has 1 fully saturated rings. The van der Waals surface area contributed by atoms with Gasteiger partial charge in [-0.3, -0.25) is 0 Å². The lowest BCUT2D eigenvalue weighted by molar-refractivity contribution is 0.253. The Hall–Kier alpha value is -0.520. The van der Waals surface area contributed by atoms with Gasteiger partial charge in [-0.1, -0.05) is 11.8 Å². The van der Waals surface area contributed by atoms with Gasteiger partial charge in [0.05, 0.1) is 6.61 Å². The van der Waals surface area contributed by atoms with Gasteiger partial charge in [-0.2, -0.15) is 0 Å². The van der Waals surface area contributed by atoms with Crippen LogP contribution < -0.4 is 0 Å². The van der Waals surface area contributed by atoms with Crippen LogP contribution in [0, 0.1) is 11.8 Å². The summed E-state index contributed by atoms with van der Waals surface area (Å²) in [4.78, 5) is 0. The number of rotatable bonds is 0. The molecule has 1 heterocycles. The molecule has 2 atom stereocenters. The molecule has 2 nitrogen and oxygen atoms in total. The first kappa shape index (κ1) is 6.60. The van der Waals surface area contributed by atoms with Crippen molar-refractivity contribution in [3.05, 3.63) is 0 Å². The molecule has 1 aliphatic rings. The molecular formula is C7H10O2. The number of hydrogen-bond acceptors (Lipinski definition) is 2. The topological polar surface area (TPSA) is 32.8 Å². The Morgan fingerprint density at radius 1 is 1.78 bits per heavy atom. The lowest BCUT2D eigenvalue weighted by Gasteiger charge is -1.90. The maximum Gasteiger partial charge on any atom is 0.149 e. The largest absolute Gasteiger partial charge is 0.381 e. The van der Waals surface area contributed by atoms with Crippen molar-refractivity contribution in [3.63, 3.8) is 0 Å². The van der Waals surface area contributed by atoms with Crippen LogP contribution >= 0.6 is 0 Å². The van der Waals surface area contributed by atoms with E-state index >= 15 is 0 Å². The molecule has 2 unspecified atom stereocenters. The zero-order valence-electron chi connectivity index (χ0n) is 5.64. The van der Waals surface area contributed by atoms with Gasteiger partial charge in [0, 0.05) is 0 Å².